The van der Waals surface area contributed by atoms with Crippen LogP contribution in [-0.4, -0.2) is 24.5 Å². The van der Waals surface area contributed by atoms with Gasteiger partial charge in [0.1, 0.15) is 11.8 Å². The van der Waals surface area contributed by atoms with Gasteiger partial charge in [0, 0.05) is 0 Å². The molecule has 0 N–H and O–H groups in total. The summed E-state index contributed by atoms with van der Waals surface area (Å²) in [6, 6.07) is 15.5. The van der Waals surface area contributed by atoms with Gasteiger partial charge >= 0.3 is 0 Å². The van der Waals surface area contributed by atoms with Crippen molar-refractivity contribution >= 4 is 16.3 Å². The first kappa shape index (κ1) is 14.9. The average molecular weight is 315 g/mol. The van der Waals surface area contributed by atoms with Crippen molar-refractivity contribution in [3.63, 3.8) is 0 Å². The van der Waals surface area contributed by atoms with Crippen molar-refractivity contribution in [2.75, 3.05) is 0 Å². The molecule has 1 aliphatic heterocycles. The van der Waals surface area contributed by atoms with E-state index in [-0.39, 0.29) is 4.90 Å². The van der Waals surface area contributed by atoms with Gasteiger partial charge in [0.25, 0.3) is 0 Å². The fourth-order valence-electron chi connectivity index (χ4n) is 2.82. The van der Waals surface area contributed by atoms with Gasteiger partial charge < -0.3 is 4.79 Å². The lowest BCUT2D eigenvalue weighted by atomic mass is 10.0. The van der Waals surface area contributed by atoms with Crippen LogP contribution in [0.1, 0.15) is 24.1 Å². The number of rotatable bonds is 4. The molecule has 0 aliphatic carbocycles. The first-order valence-corrected chi connectivity index (χ1v) is 8.48. The molecule has 1 saturated heterocycles. The van der Waals surface area contributed by atoms with Crippen LogP contribution >= 0.6 is 0 Å². The zero-order chi connectivity index (χ0) is 16.0. The Kier molecular flexibility index (Phi) is 3.42. The molecule has 4 nitrogen and oxygen atoms in total. The second-order valence-electron chi connectivity index (χ2n) is 5.77. The van der Waals surface area contributed by atoms with E-state index in [0.717, 1.165) is 17.4 Å². The maximum atomic E-state index is 12.8. The number of benzene rings is 2. The van der Waals surface area contributed by atoms with Crippen molar-refractivity contribution in [3.8, 4) is 0 Å². The molecule has 0 saturated carbocycles. The van der Waals surface area contributed by atoms with Crippen LogP contribution in [0.4, 0.5) is 0 Å². The Hall–Kier alpha value is -1.98. The topological polar surface area (TPSA) is 54.2 Å². The van der Waals surface area contributed by atoms with Gasteiger partial charge in [-0.25, -0.2) is 8.42 Å². The second-order valence-corrected chi connectivity index (χ2v) is 7.59. The van der Waals surface area contributed by atoms with Crippen molar-refractivity contribution in [2.24, 2.45) is 0 Å². The monoisotopic (exact) mass is 315 g/mol. The highest BCUT2D eigenvalue weighted by atomic mass is 32.2. The highest BCUT2D eigenvalue weighted by Crippen LogP contribution is 2.55. The van der Waals surface area contributed by atoms with Crippen LogP contribution in [0.25, 0.3) is 0 Å². The fourth-order valence-corrected chi connectivity index (χ4v) is 4.75. The highest BCUT2D eigenvalue weighted by Gasteiger charge is 2.66. The quantitative estimate of drug-likeness (QED) is 0.644. The van der Waals surface area contributed by atoms with Crippen molar-refractivity contribution < 1.29 is 13.2 Å². The molecule has 3 atom stereocenters. The molecule has 22 heavy (non-hydrogen) atoms. The molecule has 0 aromatic heterocycles. The number of sulfonamides is 1. The minimum atomic E-state index is -3.70. The van der Waals surface area contributed by atoms with E-state index in [1.807, 2.05) is 37.3 Å². The molecule has 0 spiro atoms. The number of nitrogens with zero attached hydrogens (tertiary/aromatic N) is 1. The Labute approximate surface area is 130 Å². The smallest absolute Gasteiger partial charge is 0.244 e. The van der Waals surface area contributed by atoms with Crippen LogP contribution in [0.3, 0.4) is 0 Å². The van der Waals surface area contributed by atoms with Crippen molar-refractivity contribution in [2.45, 2.75) is 30.3 Å². The van der Waals surface area contributed by atoms with Gasteiger partial charge in [-0.15, -0.1) is 0 Å². The molecule has 1 fully saturated rings. The highest BCUT2D eigenvalue weighted by molar-refractivity contribution is 7.89. The summed E-state index contributed by atoms with van der Waals surface area (Å²) in [6.45, 7) is 3.56. The minimum Gasteiger partial charge on any atom is -0.301 e. The van der Waals surface area contributed by atoms with E-state index in [1.54, 1.807) is 31.2 Å². The fraction of sp³-hybridized carbons (Fsp3) is 0.235. The summed E-state index contributed by atoms with van der Waals surface area (Å²) in [5.41, 5.74) is 0.792. The summed E-state index contributed by atoms with van der Waals surface area (Å²) in [5, 5.41) is 0. The van der Waals surface area contributed by atoms with Gasteiger partial charge in [-0.1, -0.05) is 48.0 Å². The SMILES string of the molecule is Cc1ccc(S(=O)(=O)N2C(c3ccccc3)[C@@]2(C)C=O)cc1. The summed E-state index contributed by atoms with van der Waals surface area (Å²) < 4.78 is 26.9. The van der Waals surface area contributed by atoms with E-state index in [2.05, 4.69) is 0 Å². The van der Waals surface area contributed by atoms with Crippen LogP contribution in [0.2, 0.25) is 0 Å². The molecular formula is C17H17NO3S. The maximum absolute atomic E-state index is 12.8. The maximum Gasteiger partial charge on any atom is 0.244 e. The van der Waals surface area contributed by atoms with Crippen molar-refractivity contribution in [3.05, 3.63) is 65.7 Å². The minimum absolute atomic E-state index is 0.213. The lowest BCUT2D eigenvalue weighted by molar-refractivity contribution is -0.110. The third kappa shape index (κ3) is 2.17. The van der Waals surface area contributed by atoms with Crippen LogP contribution in [-0.2, 0) is 14.8 Å². The molecule has 1 heterocycles. The number of carbonyl (C=O) groups is 1. The Morgan fingerprint density at radius 3 is 2.18 bits per heavy atom. The lowest BCUT2D eigenvalue weighted by Gasteiger charge is -2.08. The normalized spacial score (nSPS) is 27.4. The molecule has 5 heteroatoms. The molecule has 1 aliphatic rings. The number of hydrogen-bond donors (Lipinski definition) is 0. The molecular weight excluding hydrogens is 298 g/mol. The van der Waals surface area contributed by atoms with Gasteiger partial charge in [0.2, 0.25) is 10.0 Å². The number of carbonyl (C=O) groups excluding carboxylic acids is 1. The first-order chi connectivity index (χ1) is 10.4. The Morgan fingerprint density at radius 2 is 1.64 bits per heavy atom. The lowest BCUT2D eigenvalue weighted by Crippen LogP contribution is -2.22. The molecule has 2 aromatic carbocycles. The predicted octanol–water partition coefficient (Wildman–Crippen LogP) is 2.70. The van der Waals surface area contributed by atoms with Gasteiger partial charge in [-0.2, -0.15) is 4.31 Å². The zero-order valence-electron chi connectivity index (χ0n) is 12.4. The average Bonchev–Trinajstić information content (AvgIpc) is 3.16. The first-order valence-electron chi connectivity index (χ1n) is 7.04. The molecule has 0 radical (unpaired) electrons. The summed E-state index contributed by atoms with van der Waals surface area (Å²) in [4.78, 5) is 11.7. The number of hydrogen-bond acceptors (Lipinski definition) is 3. The molecule has 0 amide bonds. The van der Waals surface area contributed by atoms with E-state index < -0.39 is 21.6 Å². The van der Waals surface area contributed by atoms with Gasteiger partial charge in [-0.05, 0) is 31.5 Å². The van der Waals surface area contributed by atoms with E-state index in [0.29, 0.717) is 0 Å². The van der Waals surface area contributed by atoms with E-state index in [1.165, 1.54) is 4.31 Å². The van der Waals surface area contributed by atoms with E-state index >= 15 is 0 Å². The summed E-state index contributed by atoms with van der Waals surface area (Å²) in [5.74, 6) is 0. The molecule has 3 rings (SSSR count). The number of aldehydes is 1. The molecule has 2 aromatic rings. The summed E-state index contributed by atoms with van der Waals surface area (Å²) in [6.07, 6.45) is 0.719. The Morgan fingerprint density at radius 1 is 1.05 bits per heavy atom. The Balaban J connectivity index is 2.03. The zero-order valence-corrected chi connectivity index (χ0v) is 13.2. The van der Waals surface area contributed by atoms with E-state index in [9.17, 15) is 13.2 Å². The predicted molar refractivity (Wildman–Crippen MR) is 83.9 cm³/mol. The van der Waals surface area contributed by atoms with Crippen LogP contribution < -0.4 is 0 Å². The van der Waals surface area contributed by atoms with Gasteiger partial charge in [-0.3, -0.25) is 0 Å². The van der Waals surface area contributed by atoms with Crippen LogP contribution in [0.5, 0.6) is 0 Å². The standard InChI is InChI=1S/C17H17NO3S/c1-13-8-10-15(11-9-13)22(20,21)18-16(17(18,2)12-19)14-6-4-3-5-7-14/h3-12,16H,1-2H3/t16?,17-,18?/m1/s1. The largest absolute Gasteiger partial charge is 0.301 e. The van der Waals surface area contributed by atoms with Crippen molar-refractivity contribution in [1.29, 1.82) is 0 Å². The molecule has 0 bridgehead atoms. The summed E-state index contributed by atoms with van der Waals surface area (Å²) in [7, 11) is -3.70. The van der Waals surface area contributed by atoms with Gasteiger partial charge in [0.05, 0.1) is 10.9 Å². The molecule has 114 valence electrons. The second kappa shape index (κ2) is 5.04. The summed E-state index contributed by atoms with van der Waals surface area (Å²) >= 11 is 0. The molecule has 2 unspecified atom stereocenters. The van der Waals surface area contributed by atoms with Crippen molar-refractivity contribution in [1.82, 2.24) is 4.31 Å². The Bertz CT molecular complexity index is 800. The van der Waals surface area contributed by atoms with E-state index in [4.69, 9.17) is 0 Å². The number of aryl methyl sites for hydroxylation is 1. The third-order valence-corrected chi connectivity index (χ3v) is 6.12. The third-order valence-electron chi connectivity index (χ3n) is 4.13. The van der Waals surface area contributed by atoms with Crippen LogP contribution in [0, 0.1) is 6.92 Å². The van der Waals surface area contributed by atoms with Crippen LogP contribution in [0.15, 0.2) is 59.5 Å². The van der Waals surface area contributed by atoms with Gasteiger partial charge in [0.15, 0.2) is 0 Å².